The van der Waals surface area contributed by atoms with E-state index in [1.54, 1.807) is 4.90 Å². The molecule has 4 heteroatoms. The number of halogens is 1. The summed E-state index contributed by atoms with van der Waals surface area (Å²) in [4.78, 5) is 13.8. The first-order chi connectivity index (χ1) is 8.57. The largest absolute Gasteiger partial charge is 0.373 e. The zero-order valence-corrected chi connectivity index (χ0v) is 11.1. The molecule has 0 aromatic carbocycles. The molecule has 0 N–H and O–H groups in total. The van der Waals surface area contributed by atoms with Crippen molar-refractivity contribution in [2.75, 3.05) is 19.7 Å². The third kappa shape index (κ3) is 1.85. The van der Waals surface area contributed by atoms with Gasteiger partial charge in [0.05, 0.1) is 12.2 Å². The van der Waals surface area contributed by atoms with E-state index >= 15 is 0 Å². The lowest BCUT2D eigenvalue weighted by Gasteiger charge is -2.36. The molecule has 1 spiro atoms. The molecule has 1 saturated carbocycles. The van der Waals surface area contributed by atoms with E-state index in [0.29, 0.717) is 31.8 Å². The summed E-state index contributed by atoms with van der Waals surface area (Å²) in [6, 6.07) is 0. The van der Waals surface area contributed by atoms with Gasteiger partial charge in [-0.3, -0.25) is 4.79 Å². The van der Waals surface area contributed by atoms with Gasteiger partial charge in [0, 0.05) is 13.1 Å². The van der Waals surface area contributed by atoms with Gasteiger partial charge in [0.25, 0.3) is 5.91 Å². The number of nitrogens with zero attached hydrogens (tertiary/aromatic N) is 1. The average Bonchev–Trinajstić information content (AvgIpc) is 2.93. The number of rotatable bonds is 2. The number of alkyl halides is 1. The highest BCUT2D eigenvalue weighted by Gasteiger charge is 2.52. The Morgan fingerprint density at radius 1 is 1.44 bits per heavy atom. The van der Waals surface area contributed by atoms with Crippen LogP contribution in [-0.2, 0) is 9.53 Å². The number of amides is 1. The van der Waals surface area contributed by atoms with Crippen LogP contribution in [0, 0.1) is 5.92 Å². The van der Waals surface area contributed by atoms with Crippen molar-refractivity contribution in [2.45, 2.75) is 56.7 Å². The molecule has 0 radical (unpaired) electrons. The summed E-state index contributed by atoms with van der Waals surface area (Å²) >= 11 is 0. The molecular weight excluding hydrogens is 233 g/mol. The van der Waals surface area contributed by atoms with E-state index < -0.39 is 5.67 Å². The standard InChI is InChI=1S/C14H22FNO2/c1-2-11-8-13(18-9-11)6-7-16(10-13)12(17)14(15)4-3-5-14/h11H,2-10H2,1H3. The van der Waals surface area contributed by atoms with Crippen LogP contribution in [0.15, 0.2) is 0 Å². The van der Waals surface area contributed by atoms with Crippen LogP contribution >= 0.6 is 0 Å². The Morgan fingerprint density at radius 3 is 2.78 bits per heavy atom. The molecule has 0 aromatic rings. The molecule has 102 valence electrons. The van der Waals surface area contributed by atoms with Gasteiger partial charge in [-0.05, 0) is 38.0 Å². The van der Waals surface area contributed by atoms with Crippen LogP contribution < -0.4 is 0 Å². The maximum Gasteiger partial charge on any atom is 0.260 e. The van der Waals surface area contributed by atoms with Crippen LogP contribution in [0.2, 0.25) is 0 Å². The van der Waals surface area contributed by atoms with E-state index in [1.165, 1.54) is 0 Å². The van der Waals surface area contributed by atoms with Crippen LogP contribution in [0.4, 0.5) is 4.39 Å². The number of ether oxygens (including phenoxy) is 1. The molecule has 1 amide bonds. The summed E-state index contributed by atoms with van der Waals surface area (Å²) in [5.74, 6) is 0.331. The van der Waals surface area contributed by atoms with Gasteiger partial charge in [-0.2, -0.15) is 0 Å². The van der Waals surface area contributed by atoms with Crippen LogP contribution in [0.3, 0.4) is 0 Å². The maximum absolute atomic E-state index is 14.1. The third-order valence-electron chi connectivity index (χ3n) is 5.00. The van der Waals surface area contributed by atoms with Crippen molar-refractivity contribution in [2.24, 2.45) is 5.92 Å². The van der Waals surface area contributed by atoms with Gasteiger partial charge in [0.15, 0.2) is 5.67 Å². The highest BCUT2D eigenvalue weighted by Crippen LogP contribution is 2.42. The zero-order chi connectivity index (χ0) is 12.8. The number of hydrogen-bond donors (Lipinski definition) is 0. The van der Waals surface area contributed by atoms with Crippen molar-refractivity contribution in [3.05, 3.63) is 0 Å². The molecule has 2 unspecified atom stereocenters. The molecule has 3 aliphatic rings. The summed E-state index contributed by atoms with van der Waals surface area (Å²) in [7, 11) is 0. The monoisotopic (exact) mass is 255 g/mol. The van der Waals surface area contributed by atoms with Crippen molar-refractivity contribution >= 4 is 5.91 Å². The van der Waals surface area contributed by atoms with Crippen LogP contribution in [0.25, 0.3) is 0 Å². The smallest absolute Gasteiger partial charge is 0.260 e. The number of likely N-dealkylation sites (tertiary alicyclic amines) is 1. The summed E-state index contributed by atoms with van der Waals surface area (Å²) in [6.45, 7) is 4.25. The minimum Gasteiger partial charge on any atom is -0.373 e. The Morgan fingerprint density at radius 2 is 2.22 bits per heavy atom. The van der Waals surface area contributed by atoms with Gasteiger partial charge in [-0.25, -0.2) is 4.39 Å². The molecule has 3 rings (SSSR count). The number of carbonyl (C=O) groups excluding carboxylic acids is 1. The second kappa shape index (κ2) is 4.19. The topological polar surface area (TPSA) is 29.5 Å². The van der Waals surface area contributed by atoms with Gasteiger partial charge in [-0.15, -0.1) is 0 Å². The van der Waals surface area contributed by atoms with Crippen molar-refractivity contribution in [3.8, 4) is 0 Å². The third-order valence-corrected chi connectivity index (χ3v) is 5.00. The quantitative estimate of drug-likeness (QED) is 0.757. The van der Waals surface area contributed by atoms with E-state index in [2.05, 4.69) is 6.92 Å². The molecule has 0 bridgehead atoms. The SMILES string of the molecule is CCC1COC2(CCN(C(=O)C3(F)CCC3)C2)C1. The van der Waals surface area contributed by atoms with Crippen molar-refractivity contribution in [3.63, 3.8) is 0 Å². The highest BCUT2D eigenvalue weighted by atomic mass is 19.1. The Balaban J connectivity index is 1.63. The van der Waals surface area contributed by atoms with Gasteiger partial charge in [0.2, 0.25) is 0 Å². The van der Waals surface area contributed by atoms with Gasteiger partial charge < -0.3 is 9.64 Å². The second-order valence-electron chi connectivity index (χ2n) is 6.27. The van der Waals surface area contributed by atoms with Crippen molar-refractivity contribution in [1.82, 2.24) is 4.90 Å². The normalized spacial score (nSPS) is 38.1. The molecule has 18 heavy (non-hydrogen) atoms. The Labute approximate surface area is 108 Å². The summed E-state index contributed by atoms with van der Waals surface area (Å²) < 4.78 is 20.1. The molecule has 0 aromatic heterocycles. The van der Waals surface area contributed by atoms with Gasteiger partial charge in [-0.1, -0.05) is 13.3 Å². The van der Waals surface area contributed by atoms with Crippen LogP contribution in [0.1, 0.15) is 45.4 Å². The molecule has 2 atom stereocenters. The van der Waals surface area contributed by atoms with E-state index in [0.717, 1.165) is 32.3 Å². The van der Waals surface area contributed by atoms with E-state index in [-0.39, 0.29) is 11.5 Å². The fourth-order valence-corrected chi connectivity index (χ4v) is 3.49. The van der Waals surface area contributed by atoms with Gasteiger partial charge in [0.1, 0.15) is 0 Å². The number of carbonyl (C=O) groups is 1. The zero-order valence-electron chi connectivity index (χ0n) is 11.1. The molecule has 1 aliphatic carbocycles. The lowest BCUT2D eigenvalue weighted by atomic mass is 9.81. The fourth-order valence-electron chi connectivity index (χ4n) is 3.49. The minimum atomic E-state index is -1.55. The van der Waals surface area contributed by atoms with E-state index in [9.17, 15) is 9.18 Å². The van der Waals surface area contributed by atoms with Crippen LogP contribution in [-0.4, -0.2) is 41.8 Å². The van der Waals surface area contributed by atoms with Crippen molar-refractivity contribution < 1.29 is 13.9 Å². The predicted molar refractivity (Wildman–Crippen MR) is 66.0 cm³/mol. The molecule has 3 fully saturated rings. The Hall–Kier alpha value is -0.640. The minimum absolute atomic E-state index is 0.156. The van der Waals surface area contributed by atoms with E-state index in [4.69, 9.17) is 4.74 Å². The lowest BCUT2D eigenvalue weighted by Crippen LogP contribution is -2.50. The second-order valence-corrected chi connectivity index (χ2v) is 6.27. The molecule has 2 saturated heterocycles. The van der Waals surface area contributed by atoms with Crippen LogP contribution in [0.5, 0.6) is 0 Å². The molecule has 3 nitrogen and oxygen atoms in total. The maximum atomic E-state index is 14.1. The lowest BCUT2D eigenvalue weighted by molar-refractivity contribution is -0.149. The summed E-state index contributed by atoms with van der Waals surface area (Å²) in [5, 5.41) is 0. The molecular formula is C14H22FNO2. The highest BCUT2D eigenvalue weighted by molar-refractivity contribution is 5.86. The summed E-state index contributed by atoms with van der Waals surface area (Å²) in [6.07, 6.45) is 4.71. The first kappa shape index (κ1) is 12.4. The Bertz CT molecular complexity index is 356. The number of hydrogen-bond acceptors (Lipinski definition) is 2. The average molecular weight is 255 g/mol. The molecule has 2 heterocycles. The van der Waals surface area contributed by atoms with Gasteiger partial charge >= 0.3 is 0 Å². The fraction of sp³-hybridized carbons (Fsp3) is 0.929. The van der Waals surface area contributed by atoms with Crippen molar-refractivity contribution in [1.29, 1.82) is 0 Å². The predicted octanol–water partition coefficient (Wildman–Crippen LogP) is 2.30. The molecule has 2 aliphatic heterocycles. The first-order valence-corrected chi connectivity index (χ1v) is 7.19. The Kier molecular flexibility index (Phi) is 2.88. The first-order valence-electron chi connectivity index (χ1n) is 7.19. The summed E-state index contributed by atoms with van der Waals surface area (Å²) in [5.41, 5.74) is -1.70. The van der Waals surface area contributed by atoms with E-state index in [1.807, 2.05) is 0 Å².